The third-order valence-corrected chi connectivity index (χ3v) is 6.54. The van der Waals surface area contributed by atoms with Crippen LogP contribution in [0.4, 0.5) is 5.69 Å². The quantitative estimate of drug-likeness (QED) is 0.271. The van der Waals surface area contributed by atoms with Crippen molar-refractivity contribution >= 4 is 46.3 Å². The summed E-state index contributed by atoms with van der Waals surface area (Å²) in [6, 6.07) is 16.8. The number of benzene rings is 3. The number of ketones is 1. The van der Waals surface area contributed by atoms with Gasteiger partial charge in [-0.1, -0.05) is 59.1 Å². The molecule has 162 valence electrons. The number of halogens is 2. The van der Waals surface area contributed by atoms with Crippen LogP contribution in [0.3, 0.4) is 0 Å². The number of amides is 1. The number of rotatable bonds is 3. The summed E-state index contributed by atoms with van der Waals surface area (Å²) in [5.41, 5.74) is 4.65. The first-order valence-corrected chi connectivity index (χ1v) is 10.8. The van der Waals surface area contributed by atoms with E-state index in [2.05, 4.69) is 0 Å². The maximum atomic E-state index is 13.2. The van der Waals surface area contributed by atoms with E-state index >= 15 is 0 Å². The number of carbonyl (C=O) groups is 2. The van der Waals surface area contributed by atoms with E-state index in [1.165, 1.54) is 4.90 Å². The first-order valence-electron chi connectivity index (χ1n) is 10.1. The lowest BCUT2D eigenvalue weighted by molar-refractivity contribution is -0.132. The van der Waals surface area contributed by atoms with Gasteiger partial charge in [0.2, 0.25) is 0 Å². The van der Waals surface area contributed by atoms with Gasteiger partial charge >= 0.3 is 0 Å². The molecule has 1 aliphatic rings. The molecule has 1 aliphatic heterocycles. The van der Waals surface area contributed by atoms with E-state index in [0.717, 1.165) is 16.7 Å². The van der Waals surface area contributed by atoms with Crippen molar-refractivity contribution in [3.05, 3.63) is 104 Å². The molecule has 1 heterocycles. The predicted octanol–water partition coefficient (Wildman–Crippen LogP) is 6.54. The van der Waals surface area contributed by atoms with Crippen LogP contribution in [0.25, 0.3) is 5.76 Å². The van der Waals surface area contributed by atoms with E-state index < -0.39 is 17.7 Å². The van der Waals surface area contributed by atoms with Crippen molar-refractivity contribution in [2.45, 2.75) is 26.8 Å². The number of carbonyl (C=O) groups excluding carboxylic acids is 2. The molecule has 0 saturated carbocycles. The molecule has 4 nitrogen and oxygen atoms in total. The zero-order valence-corrected chi connectivity index (χ0v) is 19.3. The van der Waals surface area contributed by atoms with E-state index in [-0.39, 0.29) is 11.3 Å². The van der Waals surface area contributed by atoms with Crippen molar-refractivity contribution in [2.75, 3.05) is 4.90 Å². The molecule has 1 atom stereocenters. The van der Waals surface area contributed by atoms with Gasteiger partial charge in [0.1, 0.15) is 5.76 Å². The molecule has 1 unspecified atom stereocenters. The average molecular weight is 466 g/mol. The first-order chi connectivity index (χ1) is 15.2. The number of anilines is 1. The molecule has 0 bridgehead atoms. The normalized spacial score (nSPS) is 17.8. The highest BCUT2D eigenvalue weighted by Crippen LogP contribution is 2.43. The Kier molecular flexibility index (Phi) is 5.85. The van der Waals surface area contributed by atoms with Gasteiger partial charge in [-0.2, -0.15) is 0 Å². The molecule has 1 N–H and O–H groups in total. The molecule has 3 aromatic rings. The second-order valence-corrected chi connectivity index (χ2v) is 8.79. The van der Waals surface area contributed by atoms with Gasteiger partial charge in [-0.05, 0) is 67.8 Å². The monoisotopic (exact) mass is 465 g/mol. The molecule has 1 fully saturated rings. The lowest BCUT2D eigenvalue weighted by Crippen LogP contribution is -2.29. The van der Waals surface area contributed by atoms with Crippen LogP contribution in [0.5, 0.6) is 0 Å². The minimum absolute atomic E-state index is 0.0113. The lowest BCUT2D eigenvalue weighted by Gasteiger charge is -2.26. The molecule has 0 aliphatic carbocycles. The average Bonchev–Trinajstić information content (AvgIpc) is 3.03. The van der Waals surface area contributed by atoms with Gasteiger partial charge in [-0.25, -0.2) is 0 Å². The van der Waals surface area contributed by atoms with E-state index in [0.29, 0.717) is 26.9 Å². The van der Waals surface area contributed by atoms with Crippen LogP contribution >= 0.6 is 23.2 Å². The molecule has 1 amide bonds. The summed E-state index contributed by atoms with van der Waals surface area (Å²) in [6.45, 7) is 5.83. The molecule has 0 radical (unpaired) electrons. The van der Waals surface area contributed by atoms with Crippen molar-refractivity contribution in [3.63, 3.8) is 0 Å². The summed E-state index contributed by atoms with van der Waals surface area (Å²) in [7, 11) is 0. The zero-order valence-electron chi connectivity index (χ0n) is 17.8. The van der Waals surface area contributed by atoms with E-state index in [1.54, 1.807) is 42.5 Å². The highest BCUT2D eigenvalue weighted by molar-refractivity contribution is 6.51. The summed E-state index contributed by atoms with van der Waals surface area (Å²) < 4.78 is 0. The Bertz CT molecular complexity index is 1280. The zero-order chi connectivity index (χ0) is 23.2. The minimum Gasteiger partial charge on any atom is -0.507 e. The summed E-state index contributed by atoms with van der Waals surface area (Å²) >= 11 is 12.4. The number of aliphatic hydroxyl groups excluding tert-OH is 1. The van der Waals surface area contributed by atoms with Crippen LogP contribution in [0.1, 0.15) is 33.9 Å². The molecule has 0 aromatic heterocycles. The summed E-state index contributed by atoms with van der Waals surface area (Å²) in [5.74, 6) is -1.69. The third-order valence-electron chi connectivity index (χ3n) is 5.80. The van der Waals surface area contributed by atoms with Crippen LogP contribution < -0.4 is 4.90 Å². The smallest absolute Gasteiger partial charge is 0.300 e. The van der Waals surface area contributed by atoms with Gasteiger partial charge in [-0.15, -0.1) is 0 Å². The number of hydrogen-bond acceptors (Lipinski definition) is 3. The molecule has 0 spiro atoms. The van der Waals surface area contributed by atoms with Crippen LogP contribution in [-0.4, -0.2) is 16.8 Å². The number of hydrogen-bond donors (Lipinski definition) is 1. The van der Waals surface area contributed by atoms with Crippen molar-refractivity contribution in [3.8, 4) is 0 Å². The van der Waals surface area contributed by atoms with E-state index in [9.17, 15) is 14.7 Å². The van der Waals surface area contributed by atoms with Gasteiger partial charge in [0.15, 0.2) is 0 Å². The Morgan fingerprint density at radius 1 is 0.844 bits per heavy atom. The number of aryl methyl sites for hydroxylation is 3. The summed E-state index contributed by atoms with van der Waals surface area (Å²) in [6.07, 6.45) is 0. The molecular formula is C26H21Cl2NO3. The fraction of sp³-hybridized carbons (Fsp3) is 0.154. The molecule has 3 aromatic carbocycles. The van der Waals surface area contributed by atoms with Crippen molar-refractivity contribution < 1.29 is 14.7 Å². The van der Waals surface area contributed by atoms with Crippen LogP contribution in [-0.2, 0) is 9.59 Å². The molecule has 32 heavy (non-hydrogen) atoms. The van der Waals surface area contributed by atoms with Crippen molar-refractivity contribution in [1.29, 1.82) is 0 Å². The van der Waals surface area contributed by atoms with Gasteiger partial charge in [0.25, 0.3) is 11.7 Å². The maximum absolute atomic E-state index is 13.2. The van der Waals surface area contributed by atoms with Gasteiger partial charge in [0.05, 0.1) is 21.7 Å². The largest absolute Gasteiger partial charge is 0.507 e. The Balaban J connectivity index is 1.97. The number of nitrogens with zero attached hydrogens (tertiary/aromatic N) is 1. The second kappa shape index (κ2) is 8.45. The topological polar surface area (TPSA) is 57.6 Å². The molecule has 1 saturated heterocycles. The number of aliphatic hydroxyl groups is 1. The SMILES string of the molecule is Cc1ccc(N2C(=O)C(=O)/C(=C(\O)c3ccc(C)c(C)c3)C2c2ccc(Cl)c(Cl)c2)cc1. The van der Waals surface area contributed by atoms with Gasteiger partial charge in [-0.3, -0.25) is 14.5 Å². The highest BCUT2D eigenvalue weighted by atomic mass is 35.5. The molecule has 6 heteroatoms. The van der Waals surface area contributed by atoms with Crippen LogP contribution in [0.2, 0.25) is 10.0 Å². The lowest BCUT2D eigenvalue weighted by atomic mass is 9.94. The first kappa shape index (κ1) is 22.1. The van der Waals surface area contributed by atoms with Gasteiger partial charge in [0, 0.05) is 11.3 Å². The Morgan fingerprint density at radius 3 is 2.16 bits per heavy atom. The van der Waals surface area contributed by atoms with Crippen molar-refractivity contribution in [1.82, 2.24) is 0 Å². The standard InChI is InChI=1S/C26H21Cl2NO3/c1-14-4-9-19(10-5-14)29-23(17-8-11-20(27)21(28)13-17)22(25(31)26(29)32)24(30)18-7-6-15(2)16(3)12-18/h4-13,23,30H,1-3H3/b24-22-. The summed E-state index contributed by atoms with van der Waals surface area (Å²) in [5, 5.41) is 11.9. The second-order valence-electron chi connectivity index (χ2n) is 7.98. The molecular weight excluding hydrogens is 445 g/mol. The minimum atomic E-state index is -0.853. The summed E-state index contributed by atoms with van der Waals surface area (Å²) in [4.78, 5) is 27.8. The van der Waals surface area contributed by atoms with Crippen molar-refractivity contribution in [2.24, 2.45) is 0 Å². The van der Waals surface area contributed by atoms with E-state index in [1.807, 2.05) is 39.0 Å². The Labute approximate surface area is 196 Å². The Hall–Kier alpha value is -3.08. The molecule has 4 rings (SSSR count). The fourth-order valence-corrected chi connectivity index (χ4v) is 4.15. The third kappa shape index (κ3) is 3.81. The highest BCUT2D eigenvalue weighted by Gasteiger charge is 2.47. The van der Waals surface area contributed by atoms with Gasteiger partial charge < -0.3 is 5.11 Å². The van der Waals surface area contributed by atoms with Crippen LogP contribution in [0, 0.1) is 20.8 Å². The van der Waals surface area contributed by atoms with Crippen LogP contribution in [0.15, 0.2) is 66.2 Å². The fourth-order valence-electron chi connectivity index (χ4n) is 3.85. The Morgan fingerprint density at radius 2 is 1.53 bits per heavy atom. The van der Waals surface area contributed by atoms with E-state index in [4.69, 9.17) is 23.2 Å². The predicted molar refractivity (Wildman–Crippen MR) is 128 cm³/mol. The maximum Gasteiger partial charge on any atom is 0.300 e. The number of Topliss-reactive ketones (excluding diaryl/α,β-unsaturated/α-hetero) is 1.